The highest BCUT2D eigenvalue weighted by atomic mass is 32.1. The van der Waals surface area contributed by atoms with Gasteiger partial charge in [-0.1, -0.05) is 0 Å². The summed E-state index contributed by atoms with van der Waals surface area (Å²) in [4.78, 5) is 27.3. The van der Waals surface area contributed by atoms with E-state index in [9.17, 15) is 4.79 Å². The van der Waals surface area contributed by atoms with Crippen LogP contribution in [0.5, 0.6) is 0 Å². The summed E-state index contributed by atoms with van der Waals surface area (Å²) in [7, 11) is 0. The Labute approximate surface area is 99.2 Å². The number of anilines is 1. The number of fused-ring (bicyclic) bond motifs is 1. The molecule has 0 radical (unpaired) electrons. The predicted molar refractivity (Wildman–Crippen MR) is 65.7 cm³/mol. The Bertz CT molecular complexity index is 748. The topological polar surface area (TPSA) is 97.5 Å². The van der Waals surface area contributed by atoms with E-state index in [1.165, 1.54) is 11.3 Å². The third-order valence-electron chi connectivity index (χ3n) is 2.28. The molecule has 17 heavy (non-hydrogen) atoms. The Kier molecular flexibility index (Phi) is 2.12. The Morgan fingerprint density at radius 3 is 3.06 bits per heavy atom. The minimum absolute atomic E-state index is 0.240. The highest BCUT2D eigenvalue weighted by Gasteiger charge is 2.11. The van der Waals surface area contributed by atoms with Gasteiger partial charge >= 0.3 is 0 Å². The molecule has 3 aromatic heterocycles. The van der Waals surface area contributed by atoms with Crippen molar-refractivity contribution in [2.75, 3.05) is 5.73 Å². The van der Waals surface area contributed by atoms with Crippen molar-refractivity contribution in [2.45, 2.75) is 0 Å². The van der Waals surface area contributed by atoms with Gasteiger partial charge in [-0.05, 0) is 12.1 Å². The van der Waals surface area contributed by atoms with E-state index in [0.29, 0.717) is 21.7 Å². The molecule has 0 fully saturated rings. The number of H-pyrrole nitrogens is 1. The molecule has 0 bridgehead atoms. The van der Waals surface area contributed by atoms with Crippen LogP contribution >= 0.6 is 11.3 Å². The lowest BCUT2D eigenvalue weighted by Gasteiger charge is -2.00. The molecule has 0 unspecified atom stereocenters. The number of rotatable bonds is 1. The van der Waals surface area contributed by atoms with Crippen LogP contribution in [-0.2, 0) is 0 Å². The minimum atomic E-state index is -0.240. The predicted octanol–water partition coefficient (Wildman–Crippen LogP) is 1.02. The van der Waals surface area contributed by atoms with E-state index in [1.54, 1.807) is 23.8 Å². The molecule has 6 nitrogen and oxygen atoms in total. The van der Waals surface area contributed by atoms with Crippen LogP contribution in [0, 0.1) is 0 Å². The number of nitrogen functional groups attached to an aromatic ring is 1. The van der Waals surface area contributed by atoms with Crippen LogP contribution < -0.4 is 11.3 Å². The van der Waals surface area contributed by atoms with Gasteiger partial charge in [0, 0.05) is 6.20 Å². The van der Waals surface area contributed by atoms with Crippen LogP contribution in [0.15, 0.2) is 28.6 Å². The average molecular weight is 245 g/mol. The molecule has 3 rings (SSSR count). The standard InChI is InChI=1S/C10H7N5OS/c11-7-6-10(17-4-13-6)15-8(14-7)5-2-1-3-12-9(5)16/h1-4H,(H,12,16)(H2,11,14,15). The molecule has 7 heteroatoms. The zero-order chi connectivity index (χ0) is 11.8. The Morgan fingerprint density at radius 1 is 1.35 bits per heavy atom. The van der Waals surface area contributed by atoms with Crippen LogP contribution in [0.1, 0.15) is 0 Å². The number of hydrogen-bond donors (Lipinski definition) is 2. The molecule has 0 saturated heterocycles. The molecule has 0 saturated carbocycles. The third kappa shape index (κ3) is 1.56. The van der Waals surface area contributed by atoms with Gasteiger partial charge in [-0.3, -0.25) is 4.79 Å². The second-order valence-corrected chi connectivity index (χ2v) is 4.18. The maximum atomic E-state index is 11.6. The van der Waals surface area contributed by atoms with Gasteiger partial charge in [0.05, 0.1) is 11.1 Å². The highest BCUT2D eigenvalue weighted by molar-refractivity contribution is 7.16. The molecule has 0 aromatic carbocycles. The van der Waals surface area contributed by atoms with Gasteiger partial charge in [0.25, 0.3) is 5.56 Å². The molecule has 0 aliphatic heterocycles. The number of nitrogens with two attached hydrogens (primary N) is 1. The molecule has 3 aromatic rings. The maximum Gasteiger partial charge on any atom is 0.259 e. The molecule has 3 heterocycles. The van der Waals surface area contributed by atoms with Gasteiger partial charge < -0.3 is 10.7 Å². The number of pyridine rings is 1. The normalized spacial score (nSPS) is 10.8. The minimum Gasteiger partial charge on any atom is -0.382 e. The highest BCUT2D eigenvalue weighted by Crippen LogP contribution is 2.22. The van der Waals surface area contributed by atoms with Crippen molar-refractivity contribution in [1.82, 2.24) is 19.9 Å². The number of aromatic amines is 1. The summed E-state index contributed by atoms with van der Waals surface area (Å²) < 4.78 is 0. The molecule has 0 aliphatic rings. The van der Waals surface area contributed by atoms with Gasteiger partial charge in [-0.15, -0.1) is 11.3 Å². The molecular weight excluding hydrogens is 238 g/mol. The second-order valence-electron chi connectivity index (χ2n) is 3.35. The molecule has 0 amide bonds. The summed E-state index contributed by atoms with van der Waals surface area (Å²) in [5.74, 6) is 0.607. The van der Waals surface area contributed by atoms with Gasteiger partial charge in [-0.25, -0.2) is 15.0 Å². The zero-order valence-electron chi connectivity index (χ0n) is 8.54. The molecule has 0 spiro atoms. The number of aromatic nitrogens is 4. The molecule has 84 valence electrons. The van der Waals surface area contributed by atoms with E-state index in [2.05, 4.69) is 19.9 Å². The first kappa shape index (κ1) is 9.91. The smallest absolute Gasteiger partial charge is 0.259 e. The Morgan fingerprint density at radius 2 is 2.24 bits per heavy atom. The maximum absolute atomic E-state index is 11.6. The van der Waals surface area contributed by atoms with Crippen molar-refractivity contribution in [3.8, 4) is 11.4 Å². The number of hydrogen-bond acceptors (Lipinski definition) is 6. The summed E-state index contributed by atoms with van der Waals surface area (Å²) in [5.41, 5.74) is 8.15. The Balaban J connectivity index is 2.31. The first-order chi connectivity index (χ1) is 8.25. The van der Waals surface area contributed by atoms with E-state index in [0.717, 1.165) is 0 Å². The fraction of sp³-hybridized carbons (Fsp3) is 0. The first-order valence-corrected chi connectivity index (χ1v) is 5.68. The summed E-state index contributed by atoms with van der Waals surface area (Å²) in [6, 6.07) is 3.37. The summed E-state index contributed by atoms with van der Waals surface area (Å²) in [6.07, 6.45) is 1.56. The van der Waals surface area contributed by atoms with Crippen molar-refractivity contribution in [3.05, 3.63) is 34.2 Å². The Hall–Kier alpha value is -2.28. The quantitative estimate of drug-likeness (QED) is 0.667. The van der Waals surface area contributed by atoms with Crippen LogP contribution in [0.25, 0.3) is 21.7 Å². The van der Waals surface area contributed by atoms with Crippen LogP contribution in [0.4, 0.5) is 5.82 Å². The van der Waals surface area contributed by atoms with E-state index in [-0.39, 0.29) is 11.4 Å². The summed E-state index contributed by atoms with van der Waals surface area (Å²) in [5, 5.41) is 0. The molecular formula is C10H7N5OS. The third-order valence-corrected chi connectivity index (χ3v) is 3.00. The van der Waals surface area contributed by atoms with Crippen LogP contribution in [0.3, 0.4) is 0 Å². The second kappa shape index (κ2) is 3.63. The van der Waals surface area contributed by atoms with E-state index in [4.69, 9.17) is 5.73 Å². The van der Waals surface area contributed by atoms with Crippen LogP contribution in [0.2, 0.25) is 0 Å². The van der Waals surface area contributed by atoms with E-state index >= 15 is 0 Å². The summed E-state index contributed by atoms with van der Waals surface area (Å²) in [6.45, 7) is 0. The largest absolute Gasteiger partial charge is 0.382 e. The van der Waals surface area contributed by atoms with Crippen molar-refractivity contribution < 1.29 is 0 Å². The van der Waals surface area contributed by atoms with E-state index in [1.807, 2.05) is 0 Å². The first-order valence-electron chi connectivity index (χ1n) is 4.80. The lowest BCUT2D eigenvalue weighted by atomic mass is 10.2. The van der Waals surface area contributed by atoms with Crippen molar-refractivity contribution in [1.29, 1.82) is 0 Å². The lowest BCUT2D eigenvalue weighted by molar-refractivity contribution is 1.18. The van der Waals surface area contributed by atoms with Gasteiger partial charge in [0.2, 0.25) is 0 Å². The number of nitrogens with zero attached hydrogens (tertiary/aromatic N) is 3. The zero-order valence-corrected chi connectivity index (χ0v) is 9.36. The molecule has 0 aliphatic carbocycles. The van der Waals surface area contributed by atoms with Crippen LogP contribution in [-0.4, -0.2) is 19.9 Å². The monoisotopic (exact) mass is 245 g/mol. The fourth-order valence-corrected chi connectivity index (χ4v) is 2.17. The van der Waals surface area contributed by atoms with Crippen molar-refractivity contribution in [2.24, 2.45) is 0 Å². The van der Waals surface area contributed by atoms with Gasteiger partial charge in [-0.2, -0.15) is 0 Å². The fourth-order valence-electron chi connectivity index (χ4n) is 1.50. The van der Waals surface area contributed by atoms with Crippen molar-refractivity contribution >= 4 is 27.5 Å². The number of nitrogens with one attached hydrogen (secondary N) is 1. The SMILES string of the molecule is Nc1nc(-c2ccc[nH]c2=O)nc2scnc12. The number of thiazole rings is 1. The van der Waals surface area contributed by atoms with Gasteiger partial charge in [0.1, 0.15) is 10.3 Å². The molecule has 0 atom stereocenters. The van der Waals surface area contributed by atoms with Crippen molar-refractivity contribution in [3.63, 3.8) is 0 Å². The van der Waals surface area contributed by atoms with Gasteiger partial charge in [0.15, 0.2) is 11.6 Å². The van der Waals surface area contributed by atoms with E-state index < -0.39 is 0 Å². The molecule has 3 N–H and O–H groups in total. The lowest BCUT2D eigenvalue weighted by Crippen LogP contribution is -2.09. The average Bonchev–Trinajstić information content (AvgIpc) is 2.78. The summed E-state index contributed by atoms with van der Waals surface area (Å²) >= 11 is 1.36.